The number of benzene rings is 1. The first-order valence-electron chi connectivity index (χ1n) is 7.16. The average Bonchev–Trinajstić information content (AvgIpc) is 2.67. The summed E-state index contributed by atoms with van der Waals surface area (Å²) in [6, 6.07) is 4.88. The Hall–Kier alpha value is -1.44. The van der Waals surface area contributed by atoms with E-state index in [1.807, 2.05) is 0 Å². The Balaban J connectivity index is 1.95. The number of amides is 1. The molecule has 2 aliphatic heterocycles. The molecule has 0 spiro atoms. The third kappa shape index (κ3) is 2.56. The van der Waals surface area contributed by atoms with Gasteiger partial charge in [-0.05, 0) is 43.7 Å². The fourth-order valence-electron chi connectivity index (χ4n) is 2.77. The van der Waals surface area contributed by atoms with Crippen LogP contribution >= 0.6 is 0 Å². The maximum absolute atomic E-state index is 12.7. The largest absolute Gasteiger partial charge is 0.325 e. The molecule has 0 bridgehead atoms. The highest BCUT2D eigenvalue weighted by atomic mass is 32.2. The Bertz CT molecular complexity index is 664. The Morgan fingerprint density at radius 3 is 2.86 bits per heavy atom. The zero-order valence-corrected chi connectivity index (χ0v) is 12.7. The van der Waals surface area contributed by atoms with Crippen molar-refractivity contribution in [2.75, 3.05) is 31.5 Å². The third-order valence-corrected chi connectivity index (χ3v) is 5.97. The highest BCUT2D eigenvalue weighted by Crippen LogP contribution is 2.34. The number of sulfonamides is 1. The lowest BCUT2D eigenvalue weighted by Crippen LogP contribution is -2.34. The van der Waals surface area contributed by atoms with Gasteiger partial charge >= 0.3 is 0 Å². The van der Waals surface area contributed by atoms with E-state index in [4.69, 9.17) is 0 Å². The van der Waals surface area contributed by atoms with Gasteiger partial charge in [0.2, 0.25) is 15.9 Å². The van der Waals surface area contributed by atoms with E-state index >= 15 is 0 Å². The van der Waals surface area contributed by atoms with Crippen LogP contribution in [0.1, 0.15) is 24.8 Å². The molecule has 1 amide bonds. The van der Waals surface area contributed by atoms with Crippen LogP contribution in [0, 0.1) is 0 Å². The van der Waals surface area contributed by atoms with E-state index in [0.717, 1.165) is 18.5 Å². The Morgan fingerprint density at radius 1 is 1.24 bits per heavy atom. The third-order valence-electron chi connectivity index (χ3n) is 4.08. The second-order valence-electron chi connectivity index (χ2n) is 5.47. The summed E-state index contributed by atoms with van der Waals surface area (Å²) in [6.45, 7) is 4.30. The average molecular weight is 309 g/mol. The minimum Gasteiger partial charge on any atom is -0.325 e. The molecule has 0 aromatic heterocycles. The Kier molecular flexibility index (Phi) is 3.73. The fraction of sp³-hybridized carbons (Fsp3) is 0.500. The summed E-state index contributed by atoms with van der Waals surface area (Å²) in [5, 5.41) is 5.95. The van der Waals surface area contributed by atoms with Crippen LogP contribution < -0.4 is 10.6 Å². The van der Waals surface area contributed by atoms with E-state index < -0.39 is 10.0 Å². The fourth-order valence-corrected chi connectivity index (χ4v) is 4.28. The maximum atomic E-state index is 12.7. The molecule has 1 saturated heterocycles. The summed E-state index contributed by atoms with van der Waals surface area (Å²) in [6.07, 6.45) is 0.806. The second kappa shape index (κ2) is 5.40. The van der Waals surface area contributed by atoms with Gasteiger partial charge in [0.1, 0.15) is 0 Å². The van der Waals surface area contributed by atoms with Gasteiger partial charge in [0.25, 0.3) is 0 Å². The van der Waals surface area contributed by atoms with E-state index in [0.29, 0.717) is 25.3 Å². The summed E-state index contributed by atoms with van der Waals surface area (Å²) < 4.78 is 27.0. The van der Waals surface area contributed by atoms with E-state index in [2.05, 4.69) is 10.6 Å². The Labute approximate surface area is 124 Å². The van der Waals surface area contributed by atoms with Gasteiger partial charge in [-0.3, -0.25) is 4.79 Å². The number of carbonyl (C=O) groups is 1. The number of rotatable bonds is 2. The van der Waals surface area contributed by atoms with Crippen LogP contribution in [0.2, 0.25) is 0 Å². The van der Waals surface area contributed by atoms with Gasteiger partial charge in [-0.2, -0.15) is 4.31 Å². The van der Waals surface area contributed by atoms with Crippen molar-refractivity contribution >= 4 is 21.6 Å². The Morgan fingerprint density at radius 2 is 2.05 bits per heavy atom. The van der Waals surface area contributed by atoms with Crippen LogP contribution in [0.25, 0.3) is 0 Å². The van der Waals surface area contributed by atoms with Crippen molar-refractivity contribution in [2.24, 2.45) is 0 Å². The van der Waals surface area contributed by atoms with Crippen molar-refractivity contribution in [1.29, 1.82) is 0 Å². The lowest BCUT2D eigenvalue weighted by molar-refractivity contribution is -0.116. The lowest BCUT2D eigenvalue weighted by Gasteiger charge is -2.20. The van der Waals surface area contributed by atoms with Crippen LogP contribution in [-0.2, 0) is 14.8 Å². The molecule has 1 aromatic rings. The molecule has 0 aliphatic carbocycles. The number of hydrogen-bond acceptors (Lipinski definition) is 4. The molecule has 2 aliphatic rings. The van der Waals surface area contributed by atoms with Crippen molar-refractivity contribution in [3.05, 3.63) is 23.8 Å². The van der Waals surface area contributed by atoms with Gasteiger partial charge < -0.3 is 10.6 Å². The van der Waals surface area contributed by atoms with Crippen molar-refractivity contribution in [1.82, 2.24) is 9.62 Å². The number of hydrogen-bond donors (Lipinski definition) is 2. The van der Waals surface area contributed by atoms with E-state index in [9.17, 15) is 13.2 Å². The highest BCUT2D eigenvalue weighted by Gasteiger charge is 2.30. The normalized spacial score (nSPS) is 23.5. The van der Waals surface area contributed by atoms with Crippen LogP contribution in [0.15, 0.2) is 23.1 Å². The van der Waals surface area contributed by atoms with Gasteiger partial charge in [0.05, 0.1) is 10.8 Å². The maximum Gasteiger partial charge on any atom is 0.243 e. The van der Waals surface area contributed by atoms with Gasteiger partial charge in [-0.15, -0.1) is 0 Å². The first-order valence-corrected chi connectivity index (χ1v) is 8.60. The molecular formula is C14H19N3O3S. The van der Waals surface area contributed by atoms with Crippen LogP contribution in [0.4, 0.5) is 5.69 Å². The number of nitrogens with one attached hydrogen (secondary N) is 2. The zero-order chi connectivity index (χ0) is 15.0. The standard InChI is InChI=1S/C14H19N3O3S/c1-10-12-9-11(3-4-13(12)16-14(10)18)21(19,20)17-7-2-5-15-6-8-17/h3-4,9-10,15H,2,5-8H2,1H3,(H,16,18). The SMILES string of the molecule is CC1C(=O)Nc2ccc(S(=O)(=O)N3CCCNCC3)cc21. The molecule has 0 saturated carbocycles. The quantitative estimate of drug-likeness (QED) is 0.844. The van der Waals surface area contributed by atoms with Gasteiger partial charge in [-0.25, -0.2) is 8.42 Å². The smallest absolute Gasteiger partial charge is 0.243 e. The minimum absolute atomic E-state index is 0.0847. The molecule has 0 radical (unpaired) electrons. The summed E-state index contributed by atoms with van der Waals surface area (Å²) in [5.74, 6) is -0.389. The number of fused-ring (bicyclic) bond motifs is 1. The topological polar surface area (TPSA) is 78.5 Å². The van der Waals surface area contributed by atoms with Crippen molar-refractivity contribution in [2.45, 2.75) is 24.2 Å². The molecule has 114 valence electrons. The van der Waals surface area contributed by atoms with Gasteiger partial charge in [0, 0.05) is 25.3 Å². The molecule has 6 nitrogen and oxygen atoms in total. The summed E-state index contributed by atoms with van der Waals surface area (Å²) in [5.41, 5.74) is 1.47. The molecule has 2 N–H and O–H groups in total. The van der Waals surface area contributed by atoms with Crippen LogP contribution in [0.5, 0.6) is 0 Å². The number of carbonyl (C=O) groups excluding carboxylic acids is 1. The molecule has 1 aromatic carbocycles. The molecule has 7 heteroatoms. The summed E-state index contributed by atoms with van der Waals surface area (Å²) in [4.78, 5) is 11.9. The molecule has 21 heavy (non-hydrogen) atoms. The first kappa shape index (κ1) is 14.5. The van der Waals surface area contributed by atoms with E-state index in [-0.39, 0.29) is 16.7 Å². The first-order chi connectivity index (χ1) is 10.00. The van der Waals surface area contributed by atoms with Gasteiger partial charge in [-0.1, -0.05) is 0 Å². The molecule has 1 unspecified atom stereocenters. The summed E-state index contributed by atoms with van der Waals surface area (Å²) >= 11 is 0. The monoisotopic (exact) mass is 309 g/mol. The molecular weight excluding hydrogens is 290 g/mol. The lowest BCUT2D eigenvalue weighted by atomic mass is 10.0. The minimum atomic E-state index is -3.49. The van der Waals surface area contributed by atoms with E-state index in [1.54, 1.807) is 25.1 Å². The predicted octanol–water partition coefficient (Wildman–Crippen LogP) is 0.726. The number of nitrogens with zero attached hydrogens (tertiary/aromatic N) is 1. The molecule has 1 fully saturated rings. The van der Waals surface area contributed by atoms with Crippen LogP contribution in [0.3, 0.4) is 0 Å². The summed E-state index contributed by atoms with van der Waals surface area (Å²) in [7, 11) is -3.49. The second-order valence-corrected chi connectivity index (χ2v) is 7.41. The van der Waals surface area contributed by atoms with Crippen molar-refractivity contribution < 1.29 is 13.2 Å². The van der Waals surface area contributed by atoms with E-state index in [1.165, 1.54) is 4.31 Å². The predicted molar refractivity (Wildman–Crippen MR) is 79.7 cm³/mol. The van der Waals surface area contributed by atoms with Gasteiger partial charge in [0.15, 0.2) is 0 Å². The molecule has 1 atom stereocenters. The molecule has 3 rings (SSSR count). The molecule has 2 heterocycles. The van der Waals surface area contributed by atoms with Crippen molar-refractivity contribution in [3.63, 3.8) is 0 Å². The zero-order valence-electron chi connectivity index (χ0n) is 11.9. The van der Waals surface area contributed by atoms with Crippen molar-refractivity contribution in [3.8, 4) is 0 Å². The highest BCUT2D eigenvalue weighted by molar-refractivity contribution is 7.89. The number of anilines is 1. The van der Waals surface area contributed by atoms with Crippen LogP contribution in [-0.4, -0.2) is 44.8 Å².